The van der Waals surface area contributed by atoms with E-state index in [1.807, 2.05) is 12.1 Å². The molecule has 0 fully saturated rings. The van der Waals surface area contributed by atoms with Gasteiger partial charge in [0.25, 0.3) is 0 Å². The van der Waals surface area contributed by atoms with Gasteiger partial charge < -0.3 is 24.6 Å². The average molecular weight is 305 g/mol. The van der Waals surface area contributed by atoms with Gasteiger partial charge in [-0.15, -0.1) is 0 Å². The quantitative estimate of drug-likeness (QED) is 0.817. The molecule has 0 aliphatic carbocycles. The molecule has 1 aromatic carbocycles. The third-order valence-corrected chi connectivity index (χ3v) is 2.96. The second-order valence-electron chi connectivity index (χ2n) is 4.62. The van der Waals surface area contributed by atoms with Crippen LogP contribution in [0.4, 0.5) is 11.5 Å². The largest absolute Gasteiger partial charge is 0.493 e. The number of aryl methyl sites for hydroxylation is 1. The van der Waals surface area contributed by atoms with E-state index < -0.39 is 0 Å². The van der Waals surface area contributed by atoms with E-state index >= 15 is 0 Å². The first-order valence-corrected chi connectivity index (χ1v) is 6.81. The predicted molar refractivity (Wildman–Crippen MR) is 82.5 cm³/mol. The van der Waals surface area contributed by atoms with Crippen molar-refractivity contribution in [3.05, 3.63) is 30.0 Å². The van der Waals surface area contributed by atoms with Crippen molar-refractivity contribution in [3.63, 3.8) is 0 Å². The minimum absolute atomic E-state index is 0.138. The predicted octanol–water partition coefficient (Wildman–Crippen LogP) is 2.44. The smallest absolute Gasteiger partial charge is 0.227 e. The van der Waals surface area contributed by atoms with Gasteiger partial charge in [0, 0.05) is 30.8 Å². The van der Waals surface area contributed by atoms with Crippen molar-refractivity contribution in [2.45, 2.75) is 13.3 Å². The summed E-state index contributed by atoms with van der Waals surface area (Å²) in [5.74, 6) is 2.23. The summed E-state index contributed by atoms with van der Waals surface area (Å²) in [4.78, 5) is 11.8. The lowest BCUT2D eigenvalue weighted by atomic mass is 10.2. The highest BCUT2D eigenvalue weighted by atomic mass is 16.5. The van der Waals surface area contributed by atoms with Gasteiger partial charge in [-0.2, -0.15) is 0 Å². The second-order valence-corrected chi connectivity index (χ2v) is 4.62. The molecule has 0 unspecified atom stereocenters. The number of methoxy groups -OCH3 is 2. The molecule has 0 saturated heterocycles. The second kappa shape index (κ2) is 7.35. The SMILES string of the molecule is COc1ccc(NCCC(=O)Nc2cc(C)on2)cc1OC. The van der Waals surface area contributed by atoms with Gasteiger partial charge in [-0.3, -0.25) is 4.79 Å². The summed E-state index contributed by atoms with van der Waals surface area (Å²) in [5.41, 5.74) is 0.850. The molecule has 0 aliphatic heterocycles. The highest BCUT2D eigenvalue weighted by Gasteiger charge is 2.07. The highest BCUT2D eigenvalue weighted by molar-refractivity contribution is 5.90. The zero-order valence-electron chi connectivity index (χ0n) is 12.8. The summed E-state index contributed by atoms with van der Waals surface area (Å²) < 4.78 is 15.3. The number of anilines is 2. The number of nitrogens with zero attached hydrogens (tertiary/aromatic N) is 1. The Balaban J connectivity index is 1.82. The Morgan fingerprint density at radius 1 is 1.23 bits per heavy atom. The fraction of sp³-hybridized carbons (Fsp3) is 0.333. The lowest BCUT2D eigenvalue weighted by Crippen LogP contribution is -2.16. The number of nitrogens with one attached hydrogen (secondary N) is 2. The lowest BCUT2D eigenvalue weighted by molar-refractivity contribution is -0.116. The Labute approximate surface area is 128 Å². The van der Waals surface area contributed by atoms with E-state index in [1.54, 1.807) is 33.3 Å². The van der Waals surface area contributed by atoms with Crippen molar-refractivity contribution in [3.8, 4) is 11.5 Å². The monoisotopic (exact) mass is 305 g/mol. The van der Waals surface area contributed by atoms with Crippen LogP contribution in [0.15, 0.2) is 28.8 Å². The average Bonchev–Trinajstić information content (AvgIpc) is 2.92. The first-order valence-electron chi connectivity index (χ1n) is 6.81. The molecule has 0 bridgehead atoms. The number of hydrogen-bond donors (Lipinski definition) is 2. The number of carbonyl (C=O) groups excluding carboxylic acids is 1. The molecule has 2 N–H and O–H groups in total. The van der Waals surface area contributed by atoms with E-state index in [4.69, 9.17) is 14.0 Å². The van der Waals surface area contributed by atoms with Crippen LogP contribution in [0, 0.1) is 6.92 Å². The van der Waals surface area contributed by atoms with Crippen molar-refractivity contribution in [2.24, 2.45) is 0 Å². The Bertz CT molecular complexity index is 639. The summed E-state index contributed by atoms with van der Waals surface area (Å²) in [6.45, 7) is 2.25. The van der Waals surface area contributed by atoms with Crippen LogP contribution in [0.1, 0.15) is 12.2 Å². The van der Waals surface area contributed by atoms with Crippen molar-refractivity contribution in [1.82, 2.24) is 5.16 Å². The molecule has 22 heavy (non-hydrogen) atoms. The molecular weight excluding hydrogens is 286 g/mol. The van der Waals surface area contributed by atoms with Gasteiger partial charge in [0.1, 0.15) is 5.76 Å². The number of rotatable bonds is 7. The van der Waals surface area contributed by atoms with E-state index in [1.165, 1.54) is 0 Å². The van der Waals surface area contributed by atoms with Crippen LogP contribution in [-0.2, 0) is 4.79 Å². The molecule has 7 heteroatoms. The van der Waals surface area contributed by atoms with Crippen molar-refractivity contribution >= 4 is 17.4 Å². The number of carbonyl (C=O) groups is 1. The maximum Gasteiger partial charge on any atom is 0.227 e. The molecule has 0 radical (unpaired) electrons. The van der Waals surface area contributed by atoms with Crippen LogP contribution in [0.25, 0.3) is 0 Å². The molecule has 2 rings (SSSR count). The van der Waals surface area contributed by atoms with E-state index in [2.05, 4.69) is 15.8 Å². The van der Waals surface area contributed by atoms with Crippen LogP contribution in [0.2, 0.25) is 0 Å². The number of ether oxygens (including phenoxy) is 2. The molecule has 1 heterocycles. The maximum absolute atomic E-state index is 11.8. The van der Waals surface area contributed by atoms with Gasteiger partial charge >= 0.3 is 0 Å². The summed E-state index contributed by atoms with van der Waals surface area (Å²) in [7, 11) is 3.16. The van der Waals surface area contributed by atoms with Gasteiger partial charge in [-0.1, -0.05) is 5.16 Å². The normalized spacial score (nSPS) is 10.1. The summed E-state index contributed by atoms with van der Waals surface area (Å²) in [6.07, 6.45) is 0.306. The third kappa shape index (κ3) is 4.15. The van der Waals surface area contributed by atoms with E-state index in [9.17, 15) is 4.79 Å². The summed E-state index contributed by atoms with van der Waals surface area (Å²) in [6, 6.07) is 7.15. The molecule has 1 aromatic heterocycles. The Morgan fingerprint density at radius 3 is 2.64 bits per heavy atom. The van der Waals surface area contributed by atoms with Gasteiger partial charge in [0.2, 0.25) is 5.91 Å². The minimum Gasteiger partial charge on any atom is -0.493 e. The first-order chi connectivity index (χ1) is 10.6. The lowest BCUT2D eigenvalue weighted by Gasteiger charge is -2.11. The molecule has 0 saturated carbocycles. The van der Waals surface area contributed by atoms with Crippen LogP contribution in [-0.4, -0.2) is 31.8 Å². The van der Waals surface area contributed by atoms with Crippen molar-refractivity contribution in [2.75, 3.05) is 31.4 Å². The topological polar surface area (TPSA) is 85.6 Å². The first kappa shape index (κ1) is 15.7. The Hall–Kier alpha value is -2.70. The maximum atomic E-state index is 11.8. The fourth-order valence-electron chi connectivity index (χ4n) is 1.90. The zero-order valence-corrected chi connectivity index (χ0v) is 12.8. The minimum atomic E-state index is -0.138. The Kier molecular flexibility index (Phi) is 5.24. The van der Waals surface area contributed by atoms with Crippen LogP contribution in [0.3, 0.4) is 0 Å². The van der Waals surface area contributed by atoms with Gasteiger partial charge in [-0.25, -0.2) is 0 Å². The summed E-state index contributed by atoms with van der Waals surface area (Å²) >= 11 is 0. The molecule has 2 aromatic rings. The van der Waals surface area contributed by atoms with Crippen molar-refractivity contribution < 1.29 is 18.8 Å². The molecule has 118 valence electrons. The zero-order chi connectivity index (χ0) is 15.9. The number of benzene rings is 1. The fourth-order valence-corrected chi connectivity index (χ4v) is 1.90. The summed E-state index contributed by atoms with van der Waals surface area (Å²) in [5, 5.41) is 9.52. The third-order valence-electron chi connectivity index (χ3n) is 2.96. The van der Waals surface area contributed by atoms with Gasteiger partial charge in [-0.05, 0) is 19.1 Å². The highest BCUT2D eigenvalue weighted by Crippen LogP contribution is 2.29. The van der Waals surface area contributed by atoms with Crippen molar-refractivity contribution in [1.29, 1.82) is 0 Å². The van der Waals surface area contributed by atoms with Crippen LogP contribution >= 0.6 is 0 Å². The van der Waals surface area contributed by atoms with Gasteiger partial charge in [0.05, 0.1) is 14.2 Å². The van der Waals surface area contributed by atoms with E-state index in [-0.39, 0.29) is 5.91 Å². The standard InChI is InChI=1S/C15H19N3O4/c1-10-8-14(18-22-10)17-15(19)6-7-16-11-4-5-12(20-2)13(9-11)21-3/h4-5,8-9,16H,6-7H2,1-3H3,(H,17,18,19). The van der Waals surface area contributed by atoms with Crippen LogP contribution < -0.4 is 20.1 Å². The molecule has 0 spiro atoms. The Morgan fingerprint density at radius 2 is 2.00 bits per heavy atom. The van der Waals surface area contributed by atoms with Gasteiger partial charge in [0.15, 0.2) is 17.3 Å². The number of hydrogen-bond acceptors (Lipinski definition) is 6. The van der Waals surface area contributed by atoms with E-state index in [0.29, 0.717) is 36.0 Å². The molecule has 0 aliphatic rings. The molecular formula is C15H19N3O4. The van der Waals surface area contributed by atoms with E-state index in [0.717, 1.165) is 5.69 Å². The number of aromatic nitrogens is 1. The van der Waals surface area contributed by atoms with Crippen LogP contribution in [0.5, 0.6) is 11.5 Å². The molecule has 7 nitrogen and oxygen atoms in total. The number of amides is 1. The molecule has 0 atom stereocenters. The molecule has 1 amide bonds.